The molecule has 2 heterocycles. The van der Waals surface area contributed by atoms with Crippen LogP contribution in [0.4, 0.5) is 0 Å². The fourth-order valence-corrected chi connectivity index (χ4v) is 2.21. The molecule has 15 heavy (non-hydrogen) atoms. The van der Waals surface area contributed by atoms with Crippen molar-refractivity contribution in [1.82, 2.24) is 20.1 Å². The number of hydrogen-bond donors (Lipinski definition) is 1. The molecule has 0 radical (unpaired) electrons. The molecule has 0 spiro atoms. The SMILES string of the molecule is CC(C)c1nc(C2(C)CCCN2)n(C)n1. The maximum atomic E-state index is 4.65. The molecule has 1 aromatic heterocycles. The topological polar surface area (TPSA) is 42.7 Å². The summed E-state index contributed by atoms with van der Waals surface area (Å²) in [5, 5.41) is 7.98. The molecule has 84 valence electrons. The highest BCUT2D eigenvalue weighted by molar-refractivity contribution is 5.10. The van der Waals surface area contributed by atoms with Gasteiger partial charge in [-0.25, -0.2) is 4.98 Å². The van der Waals surface area contributed by atoms with Crippen molar-refractivity contribution in [2.45, 2.75) is 45.1 Å². The van der Waals surface area contributed by atoms with Crippen molar-refractivity contribution in [3.05, 3.63) is 11.6 Å². The number of hydrogen-bond acceptors (Lipinski definition) is 3. The lowest BCUT2D eigenvalue weighted by molar-refractivity contribution is 0.388. The Bertz CT molecular complexity index is 347. The van der Waals surface area contributed by atoms with Gasteiger partial charge in [-0.15, -0.1) is 0 Å². The Balaban J connectivity index is 2.35. The van der Waals surface area contributed by atoms with Gasteiger partial charge in [-0.1, -0.05) is 13.8 Å². The van der Waals surface area contributed by atoms with Gasteiger partial charge in [-0.3, -0.25) is 4.68 Å². The monoisotopic (exact) mass is 208 g/mol. The fraction of sp³-hybridized carbons (Fsp3) is 0.818. The van der Waals surface area contributed by atoms with E-state index in [1.807, 2.05) is 11.7 Å². The molecule has 0 bridgehead atoms. The van der Waals surface area contributed by atoms with Crippen molar-refractivity contribution < 1.29 is 0 Å². The van der Waals surface area contributed by atoms with Crippen molar-refractivity contribution >= 4 is 0 Å². The van der Waals surface area contributed by atoms with Crippen LogP contribution in [-0.4, -0.2) is 21.3 Å². The van der Waals surface area contributed by atoms with E-state index in [1.165, 1.54) is 6.42 Å². The van der Waals surface area contributed by atoms with Crippen LogP contribution in [0.1, 0.15) is 51.2 Å². The summed E-state index contributed by atoms with van der Waals surface area (Å²) in [5.41, 5.74) is 0.0227. The highest BCUT2D eigenvalue weighted by Crippen LogP contribution is 2.29. The lowest BCUT2D eigenvalue weighted by atomic mass is 9.99. The van der Waals surface area contributed by atoms with E-state index in [0.29, 0.717) is 5.92 Å². The Kier molecular flexibility index (Phi) is 2.54. The summed E-state index contributed by atoms with van der Waals surface area (Å²) in [4.78, 5) is 4.65. The van der Waals surface area contributed by atoms with E-state index >= 15 is 0 Å². The molecular formula is C11H20N4. The van der Waals surface area contributed by atoms with Crippen molar-refractivity contribution in [1.29, 1.82) is 0 Å². The van der Waals surface area contributed by atoms with Gasteiger partial charge in [0.2, 0.25) is 0 Å². The van der Waals surface area contributed by atoms with E-state index in [1.54, 1.807) is 0 Å². The minimum Gasteiger partial charge on any atom is -0.305 e. The number of aryl methyl sites for hydroxylation is 1. The third kappa shape index (κ3) is 1.78. The first-order valence-corrected chi connectivity index (χ1v) is 5.69. The molecular weight excluding hydrogens is 188 g/mol. The van der Waals surface area contributed by atoms with Crippen LogP contribution in [0.5, 0.6) is 0 Å². The van der Waals surface area contributed by atoms with E-state index in [2.05, 4.69) is 36.2 Å². The molecule has 4 heteroatoms. The lowest BCUT2D eigenvalue weighted by Gasteiger charge is -2.22. The molecule has 1 N–H and O–H groups in total. The standard InChI is InChI=1S/C11H20N4/c1-8(2)9-13-10(15(4)14-9)11(3)6-5-7-12-11/h8,12H,5-7H2,1-4H3. The van der Waals surface area contributed by atoms with Gasteiger partial charge < -0.3 is 5.32 Å². The highest BCUT2D eigenvalue weighted by atomic mass is 15.4. The number of aromatic nitrogens is 3. The molecule has 1 aliphatic heterocycles. The van der Waals surface area contributed by atoms with Gasteiger partial charge >= 0.3 is 0 Å². The quantitative estimate of drug-likeness (QED) is 0.801. The molecule has 4 nitrogen and oxygen atoms in total. The van der Waals surface area contributed by atoms with E-state index in [0.717, 1.165) is 24.6 Å². The molecule has 1 saturated heterocycles. The minimum absolute atomic E-state index is 0.0227. The second-order valence-electron chi connectivity index (χ2n) is 4.93. The molecule has 1 aromatic rings. The summed E-state index contributed by atoms with van der Waals surface area (Å²) in [7, 11) is 1.99. The summed E-state index contributed by atoms with van der Waals surface area (Å²) in [6.07, 6.45) is 2.37. The van der Waals surface area contributed by atoms with E-state index in [4.69, 9.17) is 0 Å². The number of nitrogens with one attached hydrogen (secondary N) is 1. The Hall–Kier alpha value is -0.900. The van der Waals surface area contributed by atoms with Gasteiger partial charge in [0.15, 0.2) is 5.82 Å². The first kappa shape index (κ1) is 10.6. The van der Waals surface area contributed by atoms with Gasteiger partial charge in [-0.05, 0) is 26.3 Å². The predicted octanol–water partition coefficient (Wildman–Crippen LogP) is 1.54. The van der Waals surface area contributed by atoms with Crippen LogP contribution in [-0.2, 0) is 12.6 Å². The maximum absolute atomic E-state index is 4.65. The van der Waals surface area contributed by atoms with Crippen LogP contribution >= 0.6 is 0 Å². The molecule has 1 aliphatic rings. The Morgan fingerprint density at radius 2 is 2.20 bits per heavy atom. The van der Waals surface area contributed by atoms with Crippen LogP contribution in [0.3, 0.4) is 0 Å². The predicted molar refractivity (Wildman–Crippen MR) is 59.7 cm³/mol. The van der Waals surface area contributed by atoms with Crippen LogP contribution in [0.2, 0.25) is 0 Å². The summed E-state index contributed by atoms with van der Waals surface area (Å²) in [6.45, 7) is 7.56. The van der Waals surface area contributed by atoms with Crippen LogP contribution in [0.15, 0.2) is 0 Å². The van der Waals surface area contributed by atoms with Crippen molar-refractivity contribution in [2.24, 2.45) is 7.05 Å². The minimum atomic E-state index is 0.0227. The average molecular weight is 208 g/mol. The largest absolute Gasteiger partial charge is 0.305 e. The van der Waals surface area contributed by atoms with Crippen molar-refractivity contribution in [3.8, 4) is 0 Å². The zero-order chi connectivity index (χ0) is 11.1. The first-order valence-electron chi connectivity index (χ1n) is 5.69. The van der Waals surface area contributed by atoms with Gasteiger partial charge in [0.1, 0.15) is 5.82 Å². The van der Waals surface area contributed by atoms with Crippen LogP contribution in [0, 0.1) is 0 Å². The second-order valence-corrected chi connectivity index (χ2v) is 4.93. The van der Waals surface area contributed by atoms with Crippen LogP contribution in [0.25, 0.3) is 0 Å². The summed E-state index contributed by atoms with van der Waals surface area (Å²) >= 11 is 0. The molecule has 1 fully saturated rings. The van der Waals surface area contributed by atoms with Crippen molar-refractivity contribution in [2.75, 3.05) is 6.54 Å². The summed E-state index contributed by atoms with van der Waals surface area (Å²) in [6, 6.07) is 0. The molecule has 0 amide bonds. The number of nitrogens with zero attached hydrogens (tertiary/aromatic N) is 3. The smallest absolute Gasteiger partial charge is 0.153 e. The van der Waals surface area contributed by atoms with Crippen molar-refractivity contribution in [3.63, 3.8) is 0 Å². The fourth-order valence-electron chi connectivity index (χ4n) is 2.21. The third-order valence-corrected chi connectivity index (χ3v) is 3.16. The van der Waals surface area contributed by atoms with Gasteiger partial charge in [-0.2, -0.15) is 5.10 Å². The summed E-state index contributed by atoms with van der Waals surface area (Å²) in [5.74, 6) is 2.42. The zero-order valence-electron chi connectivity index (χ0n) is 10.0. The first-order chi connectivity index (χ1) is 7.03. The maximum Gasteiger partial charge on any atom is 0.153 e. The van der Waals surface area contributed by atoms with Gasteiger partial charge in [0.25, 0.3) is 0 Å². The molecule has 1 atom stereocenters. The number of rotatable bonds is 2. The zero-order valence-corrected chi connectivity index (χ0v) is 10.0. The Morgan fingerprint density at radius 1 is 1.47 bits per heavy atom. The lowest BCUT2D eigenvalue weighted by Crippen LogP contribution is -2.36. The van der Waals surface area contributed by atoms with Gasteiger partial charge in [0.05, 0.1) is 5.54 Å². The van der Waals surface area contributed by atoms with Crippen LogP contribution < -0.4 is 5.32 Å². The molecule has 0 aromatic carbocycles. The van der Waals surface area contributed by atoms with E-state index in [-0.39, 0.29) is 5.54 Å². The molecule has 0 aliphatic carbocycles. The Morgan fingerprint density at radius 3 is 2.67 bits per heavy atom. The Labute approximate surface area is 91.1 Å². The summed E-state index contributed by atoms with van der Waals surface area (Å²) < 4.78 is 1.92. The molecule has 2 rings (SSSR count). The second kappa shape index (κ2) is 3.59. The van der Waals surface area contributed by atoms with E-state index < -0.39 is 0 Å². The highest BCUT2D eigenvalue weighted by Gasteiger charge is 2.34. The van der Waals surface area contributed by atoms with Gasteiger partial charge in [0, 0.05) is 13.0 Å². The normalized spacial score (nSPS) is 26.5. The molecule has 0 saturated carbocycles. The third-order valence-electron chi connectivity index (χ3n) is 3.16. The average Bonchev–Trinajstić information content (AvgIpc) is 2.73. The van der Waals surface area contributed by atoms with E-state index in [9.17, 15) is 0 Å². The molecule has 1 unspecified atom stereocenters.